The highest BCUT2D eigenvalue weighted by Gasteiger charge is 2.23. The lowest BCUT2D eigenvalue weighted by molar-refractivity contribution is 0.257. The van der Waals surface area contributed by atoms with Crippen LogP contribution >= 0.6 is 0 Å². The number of nitrogens with one attached hydrogen (secondary N) is 2. The average molecular weight is 373 g/mol. The lowest BCUT2D eigenvalue weighted by Gasteiger charge is -2.19. The van der Waals surface area contributed by atoms with Crippen molar-refractivity contribution in [1.82, 2.24) is 9.71 Å². The third-order valence-corrected chi connectivity index (χ3v) is 5.47. The van der Waals surface area contributed by atoms with Gasteiger partial charge in [-0.2, -0.15) is 0 Å². The van der Waals surface area contributed by atoms with Crippen LogP contribution in [0.3, 0.4) is 0 Å². The Bertz CT molecular complexity index is 867. The molecule has 2 aromatic rings. The summed E-state index contributed by atoms with van der Waals surface area (Å²) in [6.07, 6.45) is 4.68. The number of methoxy groups -OCH3 is 1. The van der Waals surface area contributed by atoms with Gasteiger partial charge in [0, 0.05) is 23.6 Å². The highest BCUT2D eigenvalue weighted by atomic mass is 32.2. The fraction of sp³-hybridized carbons (Fsp3) is 0.368. The lowest BCUT2D eigenvalue weighted by atomic mass is 9.93. The number of hydrogen-bond donors (Lipinski definition) is 2. The van der Waals surface area contributed by atoms with Gasteiger partial charge in [0.25, 0.3) is 0 Å². The number of anilines is 1. The quantitative estimate of drug-likeness (QED) is 0.842. The number of carbonyl (C=O) groups excluding carboxylic acids is 1. The first-order chi connectivity index (χ1) is 12.5. The maximum absolute atomic E-state index is 12.3. The van der Waals surface area contributed by atoms with E-state index in [0.29, 0.717) is 11.6 Å². The Morgan fingerprint density at radius 1 is 1.35 bits per heavy atom. The standard InChI is InChI=1S/C19H23N3O3S/c1-4-26(24)22-19(23)21-18-15-7-5-6-13(15)10-12(2)17(18)14-8-9-20-16(11-14)25-3/h8-11H,4-7H2,1-3H3,(H2,21,22,23). The number of carbonyl (C=O) groups is 1. The number of fused-ring (bicyclic) bond motifs is 1. The van der Waals surface area contributed by atoms with E-state index in [-0.39, 0.29) is 0 Å². The van der Waals surface area contributed by atoms with Gasteiger partial charge in [-0.25, -0.2) is 14.0 Å². The van der Waals surface area contributed by atoms with Gasteiger partial charge in [0.1, 0.15) is 11.0 Å². The maximum atomic E-state index is 12.3. The third-order valence-electron chi connectivity index (χ3n) is 4.54. The molecule has 2 N–H and O–H groups in total. The summed E-state index contributed by atoms with van der Waals surface area (Å²) >= 11 is 0. The van der Waals surface area contributed by atoms with Gasteiger partial charge in [-0.1, -0.05) is 13.0 Å². The van der Waals surface area contributed by atoms with Gasteiger partial charge in [0.2, 0.25) is 5.88 Å². The number of rotatable bonds is 5. The monoisotopic (exact) mass is 373 g/mol. The van der Waals surface area contributed by atoms with Crippen LogP contribution in [0.15, 0.2) is 24.4 Å². The Hall–Kier alpha value is -2.41. The maximum Gasteiger partial charge on any atom is 0.331 e. The van der Waals surface area contributed by atoms with Gasteiger partial charge in [-0.3, -0.25) is 4.72 Å². The van der Waals surface area contributed by atoms with Crippen molar-refractivity contribution < 1.29 is 13.7 Å². The van der Waals surface area contributed by atoms with Crippen LogP contribution in [0.1, 0.15) is 30.0 Å². The predicted molar refractivity (Wildman–Crippen MR) is 104 cm³/mol. The number of benzene rings is 1. The average Bonchev–Trinajstić information content (AvgIpc) is 3.09. The zero-order chi connectivity index (χ0) is 18.7. The molecule has 1 heterocycles. The zero-order valence-electron chi connectivity index (χ0n) is 15.2. The van der Waals surface area contributed by atoms with Crippen LogP contribution in [0.5, 0.6) is 5.88 Å². The van der Waals surface area contributed by atoms with Crippen molar-refractivity contribution in [2.75, 3.05) is 18.2 Å². The van der Waals surface area contributed by atoms with E-state index in [2.05, 4.69) is 21.1 Å². The Morgan fingerprint density at radius 2 is 2.15 bits per heavy atom. The van der Waals surface area contributed by atoms with Crippen LogP contribution < -0.4 is 14.8 Å². The first kappa shape index (κ1) is 18.4. The van der Waals surface area contributed by atoms with E-state index in [4.69, 9.17) is 4.74 Å². The predicted octanol–water partition coefficient (Wildman–Crippen LogP) is 3.36. The second kappa shape index (κ2) is 7.86. The van der Waals surface area contributed by atoms with E-state index < -0.39 is 17.0 Å². The first-order valence-electron chi connectivity index (χ1n) is 8.65. The summed E-state index contributed by atoms with van der Waals surface area (Å²) in [4.78, 5) is 16.5. The summed E-state index contributed by atoms with van der Waals surface area (Å²) in [5, 5.41) is 2.95. The number of urea groups is 1. The van der Waals surface area contributed by atoms with Crippen molar-refractivity contribution >= 4 is 22.7 Å². The van der Waals surface area contributed by atoms with E-state index in [0.717, 1.165) is 47.2 Å². The number of aryl methyl sites for hydroxylation is 2. The molecule has 3 rings (SSSR count). The molecule has 1 atom stereocenters. The third kappa shape index (κ3) is 3.72. The van der Waals surface area contributed by atoms with Gasteiger partial charge in [0.05, 0.1) is 12.8 Å². The highest BCUT2D eigenvalue weighted by Crippen LogP contribution is 2.40. The molecular weight excluding hydrogens is 350 g/mol. The van der Waals surface area contributed by atoms with Crippen molar-refractivity contribution in [2.24, 2.45) is 0 Å². The molecule has 1 aliphatic carbocycles. The van der Waals surface area contributed by atoms with Gasteiger partial charge in [-0.05, 0) is 54.5 Å². The summed E-state index contributed by atoms with van der Waals surface area (Å²) in [7, 11) is 0.195. The minimum absolute atomic E-state index is 0.369. The molecule has 7 heteroatoms. The van der Waals surface area contributed by atoms with Gasteiger partial charge >= 0.3 is 6.03 Å². The van der Waals surface area contributed by atoms with E-state index in [1.165, 1.54) is 5.56 Å². The number of nitrogens with zero attached hydrogens (tertiary/aromatic N) is 1. The molecule has 0 saturated heterocycles. The molecule has 1 aliphatic rings. The van der Waals surface area contributed by atoms with Crippen LogP contribution in [-0.4, -0.2) is 28.1 Å². The van der Waals surface area contributed by atoms with Crippen molar-refractivity contribution in [3.8, 4) is 17.0 Å². The minimum Gasteiger partial charge on any atom is -0.481 e. The SMILES string of the molecule is CCS(=O)NC(=O)Nc1c2c(cc(C)c1-c1ccnc(OC)c1)CCC2. The largest absolute Gasteiger partial charge is 0.481 e. The van der Waals surface area contributed by atoms with Gasteiger partial charge in [-0.15, -0.1) is 0 Å². The molecule has 2 amide bonds. The van der Waals surface area contributed by atoms with Crippen molar-refractivity contribution in [3.05, 3.63) is 41.1 Å². The number of ether oxygens (including phenoxy) is 1. The smallest absolute Gasteiger partial charge is 0.331 e. The van der Waals surface area contributed by atoms with E-state index in [9.17, 15) is 9.00 Å². The molecule has 0 fully saturated rings. The zero-order valence-corrected chi connectivity index (χ0v) is 16.0. The normalized spacial score (nSPS) is 13.8. The van der Waals surface area contributed by atoms with Crippen LogP contribution in [0.4, 0.5) is 10.5 Å². The molecule has 0 spiro atoms. The summed E-state index contributed by atoms with van der Waals surface area (Å²) in [6.45, 7) is 3.80. The summed E-state index contributed by atoms with van der Waals surface area (Å²) in [6, 6.07) is 5.50. The molecule has 1 unspecified atom stereocenters. The van der Waals surface area contributed by atoms with Crippen molar-refractivity contribution in [2.45, 2.75) is 33.1 Å². The second-order valence-electron chi connectivity index (χ2n) is 6.21. The number of hydrogen-bond acceptors (Lipinski definition) is 4. The molecule has 1 aromatic heterocycles. The van der Waals surface area contributed by atoms with E-state index >= 15 is 0 Å². The van der Waals surface area contributed by atoms with Gasteiger partial charge < -0.3 is 10.1 Å². The topological polar surface area (TPSA) is 80.3 Å². The van der Waals surface area contributed by atoms with Gasteiger partial charge in [0.15, 0.2) is 0 Å². The Morgan fingerprint density at radius 3 is 2.88 bits per heavy atom. The number of aromatic nitrogens is 1. The summed E-state index contributed by atoms with van der Waals surface area (Å²) < 4.78 is 19.4. The second-order valence-corrected chi connectivity index (χ2v) is 7.68. The summed E-state index contributed by atoms with van der Waals surface area (Å²) in [5.74, 6) is 0.887. The molecular formula is C19H23N3O3S. The molecule has 0 aliphatic heterocycles. The highest BCUT2D eigenvalue weighted by molar-refractivity contribution is 7.83. The van der Waals surface area contributed by atoms with Crippen LogP contribution in [0.2, 0.25) is 0 Å². The van der Waals surface area contributed by atoms with Crippen LogP contribution in [0, 0.1) is 6.92 Å². The summed E-state index contributed by atoms with van der Waals surface area (Å²) in [5.41, 5.74) is 6.15. The van der Waals surface area contributed by atoms with Crippen molar-refractivity contribution in [3.63, 3.8) is 0 Å². The lowest BCUT2D eigenvalue weighted by Crippen LogP contribution is -2.31. The molecule has 0 radical (unpaired) electrons. The molecule has 1 aromatic carbocycles. The molecule has 6 nitrogen and oxygen atoms in total. The van der Waals surface area contributed by atoms with E-state index in [1.54, 1.807) is 20.2 Å². The van der Waals surface area contributed by atoms with E-state index in [1.807, 2.05) is 19.1 Å². The van der Waals surface area contributed by atoms with Crippen LogP contribution in [-0.2, 0) is 23.8 Å². The number of amides is 2. The fourth-order valence-electron chi connectivity index (χ4n) is 3.39. The minimum atomic E-state index is -1.38. The Balaban J connectivity index is 2.08. The molecule has 138 valence electrons. The molecule has 0 bridgehead atoms. The molecule has 26 heavy (non-hydrogen) atoms. The number of pyridine rings is 1. The Labute approximate surface area is 156 Å². The van der Waals surface area contributed by atoms with Crippen LogP contribution in [0.25, 0.3) is 11.1 Å². The van der Waals surface area contributed by atoms with Crippen molar-refractivity contribution in [1.29, 1.82) is 0 Å². The molecule has 0 saturated carbocycles. The Kier molecular flexibility index (Phi) is 5.56. The fourth-order valence-corrected chi connectivity index (χ4v) is 3.80. The first-order valence-corrected chi connectivity index (χ1v) is 9.97.